The van der Waals surface area contributed by atoms with Gasteiger partial charge in [0.2, 0.25) is 0 Å². The molecule has 0 aliphatic rings. The normalized spacial score (nSPS) is 12.5. The van der Waals surface area contributed by atoms with Gasteiger partial charge in [0.25, 0.3) is 20.2 Å². The highest BCUT2D eigenvalue weighted by molar-refractivity contribution is 7.86. The molecule has 10 nitrogen and oxygen atoms in total. The molecule has 0 aliphatic carbocycles. The quantitative estimate of drug-likeness (QED) is 0.268. The lowest BCUT2D eigenvalue weighted by Crippen LogP contribution is -2.07. The molecule has 28 heavy (non-hydrogen) atoms. The Morgan fingerprint density at radius 3 is 2.32 bits per heavy atom. The number of fused-ring (bicyclic) bond motifs is 1. The second-order valence-corrected chi connectivity index (χ2v) is 8.24. The Bertz CT molecular complexity index is 1360. The van der Waals surface area contributed by atoms with Gasteiger partial charge in [-0.3, -0.25) is 9.11 Å². The minimum Gasteiger partial charge on any atom is -0.423 e. The molecule has 1 aromatic heterocycles. The molecular weight excluding hydrogens is 414 g/mol. The van der Waals surface area contributed by atoms with Crippen molar-refractivity contribution in [3.63, 3.8) is 0 Å². The molecular formula is C16H11NO9S2. The van der Waals surface area contributed by atoms with Crippen LogP contribution < -0.4 is 10.5 Å². The summed E-state index contributed by atoms with van der Waals surface area (Å²) in [6.07, 6.45) is 0.919. The van der Waals surface area contributed by atoms with E-state index in [9.17, 15) is 26.2 Å². The van der Waals surface area contributed by atoms with Crippen molar-refractivity contribution in [3.8, 4) is 5.75 Å². The molecule has 0 unspecified atom stereocenters. The van der Waals surface area contributed by atoms with Crippen LogP contribution in [0.15, 0.2) is 72.7 Å². The highest BCUT2D eigenvalue weighted by Gasteiger charge is 2.19. The van der Waals surface area contributed by atoms with Crippen LogP contribution in [-0.4, -0.2) is 32.2 Å². The number of hydrogen-bond acceptors (Lipinski definition) is 8. The maximum Gasteiger partial charge on any atom is 0.336 e. The first-order valence-electron chi connectivity index (χ1n) is 7.37. The van der Waals surface area contributed by atoms with Crippen LogP contribution in [0.4, 0.5) is 0 Å². The summed E-state index contributed by atoms with van der Waals surface area (Å²) in [5.74, 6) is 0.168. The lowest BCUT2D eigenvalue weighted by molar-refractivity contribution is 0.343. The van der Waals surface area contributed by atoms with E-state index in [-0.39, 0.29) is 16.9 Å². The summed E-state index contributed by atoms with van der Waals surface area (Å²) in [7, 11) is -9.49. The zero-order valence-electron chi connectivity index (χ0n) is 13.7. The van der Waals surface area contributed by atoms with Crippen LogP contribution in [0, 0.1) is 0 Å². The number of oxime groups is 1. The SMILES string of the molecule is O=c1ccc2ccc(O/N=C/c3ccc(S(=O)(=O)O)cc3S(=O)(=O)O)cc2o1. The van der Waals surface area contributed by atoms with Gasteiger partial charge in [-0.15, -0.1) is 0 Å². The predicted molar refractivity (Wildman–Crippen MR) is 96.8 cm³/mol. The molecule has 3 rings (SSSR count). The van der Waals surface area contributed by atoms with Crippen LogP contribution in [0.1, 0.15) is 5.56 Å². The van der Waals surface area contributed by atoms with Gasteiger partial charge in [-0.05, 0) is 30.3 Å². The minimum atomic E-state index is -4.82. The molecule has 12 heteroatoms. The topological polar surface area (TPSA) is 161 Å². The van der Waals surface area contributed by atoms with Gasteiger partial charge in [0.05, 0.1) is 11.1 Å². The van der Waals surface area contributed by atoms with Gasteiger partial charge in [0.1, 0.15) is 10.5 Å². The molecule has 3 aromatic rings. The van der Waals surface area contributed by atoms with Crippen molar-refractivity contribution in [2.45, 2.75) is 9.79 Å². The molecule has 2 N–H and O–H groups in total. The second-order valence-electron chi connectivity index (χ2n) is 5.43. The molecule has 0 aliphatic heterocycles. The van der Waals surface area contributed by atoms with Gasteiger partial charge in [-0.1, -0.05) is 11.2 Å². The van der Waals surface area contributed by atoms with Crippen molar-refractivity contribution in [3.05, 3.63) is 64.5 Å². The van der Waals surface area contributed by atoms with Gasteiger partial charge in [-0.2, -0.15) is 16.8 Å². The summed E-state index contributed by atoms with van der Waals surface area (Å²) in [5.41, 5.74) is -0.497. The van der Waals surface area contributed by atoms with Crippen LogP contribution in [0.25, 0.3) is 11.0 Å². The maximum atomic E-state index is 11.5. The Hall–Kier alpha value is -3.06. The van der Waals surface area contributed by atoms with E-state index >= 15 is 0 Å². The summed E-state index contributed by atoms with van der Waals surface area (Å²) < 4.78 is 68.5. The highest BCUT2D eigenvalue weighted by atomic mass is 32.2. The second kappa shape index (κ2) is 7.16. The van der Waals surface area contributed by atoms with Crippen LogP contribution in [-0.2, 0) is 20.2 Å². The van der Waals surface area contributed by atoms with E-state index in [1.165, 1.54) is 18.2 Å². The van der Waals surface area contributed by atoms with E-state index in [2.05, 4.69) is 5.16 Å². The maximum absolute atomic E-state index is 11.5. The van der Waals surface area contributed by atoms with E-state index in [4.69, 9.17) is 13.8 Å². The average Bonchev–Trinajstić information content (AvgIpc) is 2.59. The first-order chi connectivity index (χ1) is 13.0. The van der Waals surface area contributed by atoms with E-state index < -0.39 is 35.7 Å². The van der Waals surface area contributed by atoms with Crippen LogP contribution >= 0.6 is 0 Å². The van der Waals surface area contributed by atoms with Crippen molar-refractivity contribution in [2.24, 2.45) is 5.16 Å². The minimum absolute atomic E-state index is 0.168. The monoisotopic (exact) mass is 425 g/mol. The molecule has 1 heterocycles. The molecule has 0 atom stereocenters. The van der Waals surface area contributed by atoms with Crippen LogP contribution in [0.2, 0.25) is 0 Å². The fourth-order valence-electron chi connectivity index (χ4n) is 2.25. The standard InChI is InChI=1S/C16H11NO9S2/c18-16-6-3-10-1-4-12(7-14(10)25-16)26-17-9-11-2-5-13(27(19,20)21)8-15(11)28(22,23)24/h1-9H,(H,19,20,21)(H,22,23,24)/b17-9+. The summed E-state index contributed by atoms with van der Waals surface area (Å²) in [4.78, 5) is 14.8. The van der Waals surface area contributed by atoms with Gasteiger partial charge < -0.3 is 9.25 Å². The molecule has 0 amide bonds. The highest BCUT2D eigenvalue weighted by Crippen LogP contribution is 2.21. The van der Waals surface area contributed by atoms with E-state index in [0.717, 1.165) is 18.3 Å². The van der Waals surface area contributed by atoms with E-state index in [1.54, 1.807) is 12.1 Å². The number of rotatable bonds is 5. The number of hydrogen-bond donors (Lipinski definition) is 2. The lowest BCUT2D eigenvalue weighted by atomic mass is 10.2. The summed E-state index contributed by atoms with van der Waals surface area (Å²) in [6, 6.07) is 9.85. The molecule has 0 fully saturated rings. The third-order valence-corrected chi connectivity index (χ3v) is 5.26. The van der Waals surface area contributed by atoms with Crippen molar-refractivity contribution >= 4 is 37.4 Å². The molecule has 0 radical (unpaired) electrons. The van der Waals surface area contributed by atoms with Gasteiger partial charge >= 0.3 is 5.63 Å². The van der Waals surface area contributed by atoms with Crippen molar-refractivity contribution in [1.82, 2.24) is 0 Å². The molecule has 0 saturated carbocycles. The number of benzene rings is 2. The molecule has 146 valence electrons. The Balaban J connectivity index is 1.93. The Morgan fingerprint density at radius 1 is 0.929 bits per heavy atom. The Kier molecular flexibility index (Phi) is 5.04. The smallest absolute Gasteiger partial charge is 0.336 e. The van der Waals surface area contributed by atoms with Gasteiger partial charge in [0, 0.05) is 23.1 Å². The van der Waals surface area contributed by atoms with Crippen LogP contribution in [0.3, 0.4) is 0 Å². The third kappa shape index (κ3) is 4.43. The van der Waals surface area contributed by atoms with Crippen molar-refractivity contribution in [2.75, 3.05) is 0 Å². The van der Waals surface area contributed by atoms with Gasteiger partial charge in [0.15, 0.2) is 5.75 Å². The molecule has 0 spiro atoms. The lowest BCUT2D eigenvalue weighted by Gasteiger charge is -2.05. The Morgan fingerprint density at radius 2 is 1.64 bits per heavy atom. The largest absolute Gasteiger partial charge is 0.423 e. The molecule has 0 saturated heterocycles. The summed E-state index contributed by atoms with van der Waals surface area (Å²) in [5, 5.41) is 4.22. The fourth-order valence-corrected chi connectivity index (χ4v) is 3.52. The van der Waals surface area contributed by atoms with Crippen molar-refractivity contribution < 1.29 is 35.2 Å². The van der Waals surface area contributed by atoms with Crippen LogP contribution in [0.5, 0.6) is 5.75 Å². The van der Waals surface area contributed by atoms with E-state index in [0.29, 0.717) is 11.5 Å². The van der Waals surface area contributed by atoms with Gasteiger partial charge in [-0.25, -0.2) is 4.79 Å². The zero-order chi connectivity index (χ0) is 20.5. The first-order valence-corrected chi connectivity index (χ1v) is 10.3. The van der Waals surface area contributed by atoms with Crippen molar-refractivity contribution in [1.29, 1.82) is 0 Å². The average molecular weight is 425 g/mol. The molecule has 0 bridgehead atoms. The number of nitrogens with zero attached hydrogens (tertiary/aromatic N) is 1. The first kappa shape index (κ1) is 19.7. The van der Waals surface area contributed by atoms with E-state index in [1.807, 2.05) is 0 Å². The third-order valence-electron chi connectivity index (χ3n) is 3.51. The summed E-state index contributed by atoms with van der Waals surface area (Å²) in [6.45, 7) is 0. The zero-order valence-corrected chi connectivity index (χ0v) is 15.3. The fraction of sp³-hybridized carbons (Fsp3) is 0. The molecule has 2 aromatic carbocycles. The predicted octanol–water partition coefficient (Wildman–Crippen LogP) is 1.70. The summed E-state index contributed by atoms with van der Waals surface area (Å²) >= 11 is 0. The Labute approximate surface area is 158 Å².